The molecule has 0 atom stereocenters. The molecule has 96 valence electrons. The van der Waals surface area contributed by atoms with E-state index in [1.165, 1.54) is 0 Å². The molecule has 1 aromatic heterocycles. The molecule has 0 aliphatic carbocycles. The fourth-order valence-corrected chi connectivity index (χ4v) is 2.38. The van der Waals surface area contributed by atoms with Crippen LogP contribution in [0.25, 0.3) is 0 Å². The van der Waals surface area contributed by atoms with Gasteiger partial charge in [0.15, 0.2) is 0 Å². The highest BCUT2D eigenvalue weighted by molar-refractivity contribution is 8.13. The highest BCUT2D eigenvalue weighted by Crippen LogP contribution is 2.33. The number of nitrogens with zero attached hydrogens (tertiary/aromatic N) is 1. The first-order chi connectivity index (χ1) is 7.52. The van der Waals surface area contributed by atoms with Gasteiger partial charge in [0.25, 0.3) is 9.05 Å². The van der Waals surface area contributed by atoms with Crippen LogP contribution in [0.4, 0.5) is 13.2 Å². The molecule has 0 bridgehead atoms. The standard InChI is InChI=1S/C7H4Cl2F3NO3S/c1-3-5(8)4(17(9,14)15)2-13-6(3)16-7(10,11)12/h2H,1H3. The van der Waals surface area contributed by atoms with Crippen molar-refractivity contribution in [1.82, 2.24) is 4.98 Å². The SMILES string of the molecule is Cc1c(OC(F)(F)F)ncc(S(=O)(=O)Cl)c1Cl. The number of hydrogen-bond donors (Lipinski definition) is 0. The number of rotatable bonds is 2. The lowest BCUT2D eigenvalue weighted by Crippen LogP contribution is -2.19. The second kappa shape index (κ2) is 4.51. The third-order valence-electron chi connectivity index (χ3n) is 1.64. The van der Waals surface area contributed by atoms with Crippen molar-refractivity contribution in [2.75, 3.05) is 0 Å². The Kier molecular flexibility index (Phi) is 3.80. The summed E-state index contributed by atoms with van der Waals surface area (Å²) < 4.78 is 61.3. The van der Waals surface area contributed by atoms with Crippen molar-refractivity contribution in [3.05, 3.63) is 16.8 Å². The molecule has 0 saturated carbocycles. The topological polar surface area (TPSA) is 56.3 Å². The van der Waals surface area contributed by atoms with Crippen LogP contribution in [-0.2, 0) is 9.05 Å². The molecule has 0 spiro atoms. The van der Waals surface area contributed by atoms with Crippen LogP contribution in [0.5, 0.6) is 5.88 Å². The Hall–Kier alpha value is -0.730. The number of ether oxygens (including phenoxy) is 1. The van der Waals surface area contributed by atoms with Gasteiger partial charge in [0.2, 0.25) is 5.88 Å². The van der Waals surface area contributed by atoms with Crippen LogP contribution in [0.3, 0.4) is 0 Å². The van der Waals surface area contributed by atoms with Gasteiger partial charge in [-0.15, -0.1) is 13.2 Å². The lowest BCUT2D eigenvalue weighted by molar-refractivity contribution is -0.276. The van der Waals surface area contributed by atoms with Crippen molar-refractivity contribution in [2.45, 2.75) is 18.2 Å². The largest absolute Gasteiger partial charge is 0.574 e. The van der Waals surface area contributed by atoms with E-state index in [-0.39, 0.29) is 5.56 Å². The van der Waals surface area contributed by atoms with Crippen LogP contribution in [0.15, 0.2) is 11.1 Å². The number of hydrogen-bond acceptors (Lipinski definition) is 4. The molecule has 0 radical (unpaired) electrons. The summed E-state index contributed by atoms with van der Waals surface area (Å²) in [5.74, 6) is -0.827. The minimum Gasteiger partial charge on any atom is -0.388 e. The average Bonchev–Trinajstić information content (AvgIpc) is 2.08. The van der Waals surface area contributed by atoms with Crippen LogP contribution in [0, 0.1) is 6.92 Å². The lowest BCUT2D eigenvalue weighted by atomic mass is 10.3. The summed E-state index contributed by atoms with van der Waals surface area (Å²) in [6.07, 6.45) is -4.35. The lowest BCUT2D eigenvalue weighted by Gasteiger charge is -2.11. The fraction of sp³-hybridized carbons (Fsp3) is 0.286. The quantitative estimate of drug-likeness (QED) is 0.788. The van der Waals surface area contributed by atoms with E-state index in [2.05, 4.69) is 9.72 Å². The Labute approximate surface area is 104 Å². The highest BCUT2D eigenvalue weighted by Gasteiger charge is 2.33. The summed E-state index contributed by atoms with van der Waals surface area (Å²) in [5.41, 5.74) is -0.272. The Bertz CT molecular complexity index is 544. The molecular weight excluding hydrogens is 306 g/mol. The van der Waals surface area contributed by atoms with Gasteiger partial charge in [0.05, 0.1) is 11.2 Å². The maximum Gasteiger partial charge on any atom is 0.574 e. The molecule has 1 aromatic rings. The Morgan fingerprint density at radius 2 is 1.94 bits per heavy atom. The van der Waals surface area contributed by atoms with Crippen molar-refractivity contribution in [1.29, 1.82) is 0 Å². The van der Waals surface area contributed by atoms with E-state index in [1.807, 2.05) is 0 Å². The van der Waals surface area contributed by atoms with E-state index in [0.717, 1.165) is 6.92 Å². The van der Waals surface area contributed by atoms with Crippen molar-refractivity contribution >= 4 is 31.3 Å². The average molecular weight is 310 g/mol. The van der Waals surface area contributed by atoms with E-state index in [1.54, 1.807) is 0 Å². The van der Waals surface area contributed by atoms with Gasteiger partial charge in [-0.2, -0.15) is 0 Å². The second-order valence-corrected chi connectivity index (χ2v) is 5.76. The van der Waals surface area contributed by atoms with Crippen LogP contribution in [0.2, 0.25) is 5.02 Å². The van der Waals surface area contributed by atoms with Gasteiger partial charge in [-0.25, -0.2) is 13.4 Å². The second-order valence-electron chi connectivity index (χ2n) is 2.85. The van der Waals surface area contributed by atoms with Gasteiger partial charge >= 0.3 is 6.36 Å². The molecule has 10 heteroatoms. The third kappa shape index (κ3) is 3.62. The molecule has 17 heavy (non-hydrogen) atoms. The molecule has 0 aliphatic heterocycles. The molecule has 0 unspecified atom stereocenters. The summed E-state index contributed by atoms with van der Waals surface area (Å²) >= 11 is 5.56. The zero-order valence-electron chi connectivity index (χ0n) is 8.05. The van der Waals surface area contributed by atoms with Crippen LogP contribution in [0.1, 0.15) is 5.56 Å². The summed E-state index contributed by atoms with van der Waals surface area (Å²) in [4.78, 5) is 2.62. The van der Waals surface area contributed by atoms with Gasteiger partial charge < -0.3 is 4.74 Å². The normalized spacial score (nSPS) is 12.6. The maximum absolute atomic E-state index is 11.9. The Balaban J connectivity index is 3.30. The molecule has 0 fully saturated rings. The van der Waals surface area contributed by atoms with Gasteiger partial charge in [-0.1, -0.05) is 11.6 Å². The van der Waals surface area contributed by atoms with E-state index >= 15 is 0 Å². The van der Waals surface area contributed by atoms with Crippen LogP contribution in [-0.4, -0.2) is 19.8 Å². The van der Waals surface area contributed by atoms with E-state index in [4.69, 9.17) is 22.3 Å². The first kappa shape index (κ1) is 14.3. The van der Waals surface area contributed by atoms with Crippen molar-refractivity contribution in [2.24, 2.45) is 0 Å². The molecule has 0 N–H and O–H groups in total. The van der Waals surface area contributed by atoms with Gasteiger partial charge in [-0.05, 0) is 6.92 Å². The Morgan fingerprint density at radius 3 is 2.35 bits per heavy atom. The van der Waals surface area contributed by atoms with Crippen molar-refractivity contribution in [3.8, 4) is 5.88 Å². The number of halogens is 5. The minimum absolute atomic E-state index is 0.272. The van der Waals surface area contributed by atoms with Gasteiger partial charge in [0, 0.05) is 16.2 Å². The number of pyridine rings is 1. The van der Waals surface area contributed by atoms with E-state index in [9.17, 15) is 21.6 Å². The molecule has 4 nitrogen and oxygen atoms in total. The summed E-state index contributed by atoms with van der Waals surface area (Å²) in [7, 11) is 0.831. The van der Waals surface area contributed by atoms with E-state index in [0.29, 0.717) is 6.20 Å². The molecular formula is C7H4Cl2F3NO3S. The van der Waals surface area contributed by atoms with Gasteiger partial charge in [0.1, 0.15) is 4.90 Å². The van der Waals surface area contributed by atoms with Crippen molar-refractivity contribution < 1.29 is 26.3 Å². The summed E-state index contributed by atoms with van der Waals surface area (Å²) in [5, 5.41) is -0.464. The molecule has 0 aromatic carbocycles. The zero-order valence-corrected chi connectivity index (χ0v) is 10.4. The predicted octanol–water partition coefficient (Wildman–Crippen LogP) is 2.87. The minimum atomic E-state index is -4.94. The van der Waals surface area contributed by atoms with E-state index < -0.39 is 31.2 Å². The molecule has 0 saturated heterocycles. The molecule has 1 rings (SSSR count). The smallest absolute Gasteiger partial charge is 0.388 e. The molecule has 0 amide bonds. The predicted molar refractivity (Wildman–Crippen MR) is 53.7 cm³/mol. The van der Waals surface area contributed by atoms with Crippen molar-refractivity contribution in [3.63, 3.8) is 0 Å². The van der Waals surface area contributed by atoms with Gasteiger partial charge in [-0.3, -0.25) is 0 Å². The molecule has 1 heterocycles. The molecule has 0 aliphatic rings. The first-order valence-electron chi connectivity index (χ1n) is 3.88. The first-order valence-corrected chi connectivity index (χ1v) is 6.56. The third-order valence-corrected chi connectivity index (χ3v) is 3.57. The fourth-order valence-electron chi connectivity index (χ4n) is 0.932. The van der Waals surface area contributed by atoms with Crippen LogP contribution >= 0.6 is 22.3 Å². The number of aromatic nitrogens is 1. The summed E-state index contributed by atoms with van der Waals surface area (Å²) in [6.45, 7) is 1.13. The number of alkyl halides is 3. The highest BCUT2D eigenvalue weighted by atomic mass is 35.7. The zero-order chi connectivity index (χ0) is 13.4. The maximum atomic E-state index is 11.9. The monoisotopic (exact) mass is 309 g/mol. The Morgan fingerprint density at radius 1 is 1.41 bits per heavy atom. The summed E-state index contributed by atoms with van der Waals surface area (Å²) in [6, 6.07) is 0. The van der Waals surface area contributed by atoms with Crippen LogP contribution < -0.4 is 4.74 Å².